The first-order valence-corrected chi connectivity index (χ1v) is 7.86. The highest BCUT2D eigenvalue weighted by Crippen LogP contribution is 2.24. The van der Waals surface area contributed by atoms with E-state index in [1.165, 1.54) is 0 Å². The molecule has 6 heteroatoms. The molecule has 0 radical (unpaired) electrons. The molecule has 5 nitrogen and oxygen atoms in total. The maximum Gasteiger partial charge on any atom is 0.171 e. The van der Waals surface area contributed by atoms with Crippen molar-refractivity contribution in [3.05, 3.63) is 65.3 Å². The van der Waals surface area contributed by atoms with Crippen LogP contribution in [0.3, 0.4) is 0 Å². The first-order chi connectivity index (χ1) is 11.7. The summed E-state index contributed by atoms with van der Waals surface area (Å²) in [7, 11) is 0. The smallest absolute Gasteiger partial charge is 0.171 e. The van der Waals surface area contributed by atoms with Crippen LogP contribution < -0.4 is 17.0 Å². The van der Waals surface area contributed by atoms with E-state index in [2.05, 4.69) is 9.47 Å². The van der Waals surface area contributed by atoms with Crippen molar-refractivity contribution in [3.8, 4) is 12.1 Å². The monoisotopic (exact) mass is 356 g/mol. The fourth-order valence-corrected chi connectivity index (χ4v) is 2.59. The molecule has 2 heterocycles. The van der Waals surface area contributed by atoms with E-state index in [0.717, 1.165) is 24.5 Å². The van der Waals surface area contributed by atoms with Crippen LogP contribution in [0.5, 0.6) is 0 Å². The minimum atomic E-state index is 0. The topological polar surface area (TPSA) is 63.9 Å². The quantitative estimate of drug-likeness (QED) is 0.390. The van der Waals surface area contributed by atoms with Crippen molar-refractivity contribution in [1.29, 1.82) is 10.5 Å². The molecule has 2 rings (SSSR count). The maximum absolute atomic E-state index is 8.99. The lowest BCUT2D eigenvalue weighted by Gasteiger charge is -2.29. The van der Waals surface area contributed by atoms with Crippen LogP contribution in [-0.2, 0) is 11.3 Å². The Kier molecular flexibility index (Phi) is 8.43. The fourth-order valence-electron chi connectivity index (χ4n) is 2.59. The zero-order chi connectivity index (χ0) is 17.4. The molecular weight excluding hydrogens is 336 g/mol. The summed E-state index contributed by atoms with van der Waals surface area (Å²) in [4.78, 5) is 2.13. The summed E-state index contributed by atoms with van der Waals surface area (Å²) in [5.41, 5.74) is 2.83. The predicted molar refractivity (Wildman–Crippen MR) is 89.9 cm³/mol. The van der Waals surface area contributed by atoms with E-state index in [-0.39, 0.29) is 18.0 Å². The second kappa shape index (κ2) is 10.3. The Balaban J connectivity index is 0.00000312. The standard InChI is InChI=1S/C19H21N4O.ClH/c1-16-12-18(19(14-20)15-21)13-17(2)23(16)9-11-24-10-8-22-6-4-3-5-7-22;/h3-7,12-13H,8-11H2,1-2H3;1H/q+1;/p-1. The first-order valence-electron chi connectivity index (χ1n) is 7.86. The molecule has 0 saturated carbocycles. The molecular formula is C19H21ClN4O. The van der Waals surface area contributed by atoms with Crippen molar-refractivity contribution in [2.75, 3.05) is 19.8 Å². The number of halogens is 1. The maximum atomic E-state index is 8.99. The second-order valence-electron chi connectivity index (χ2n) is 5.50. The van der Waals surface area contributed by atoms with Gasteiger partial charge in [0.25, 0.3) is 0 Å². The molecule has 1 aromatic heterocycles. The minimum absolute atomic E-state index is 0. The average Bonchev–Trinajstić information content (AvgIpc) is 2.59. The molecule has 130 valence electrons. The Labute approximate surface area is 155 Å². The van der Waals surface area contributed by atoms with Gasteiger partial charge in [0.1, 0.15) is 24.3 Å². The van der Waals surface area contributed by atoms with Crippen molar-refractivity contribution in [2.24, 2.45) is 0 Å². The minimum Gasteiger partial charge on any atom is -1.00 e. The normalized spacial score (nSPS) is 13.1. The van der Waals surface area contributed by atoms with E-state index >= 15 is 0 Å². The highest BCUT2D eigenvalue weighted by molar-refractivity contribution is 5.53. The Morgan fingerprint density at radius 2 is 1.64 bits per heavy atom. The number of allylic oxidation sites excluding steroid dienone is 6. The van der Waals surface area contributed by atoms with Crippen LogP contribution in [0.2, 0.25) is 0 Å². The third-order valence-electron chi connectivity index (χ3n) is 3.82. The fraction of sp³-hybridized carbons (Fsp3) is 0.316. The number of pyridine rings is 1. The Morgan fingerprint density at radius 1 is 1.04 bits per heavy atom. The van der Waals surface area contributed by atoms with Gasteiger partial charge in [0.05, 0.1) is 6.61 Å². The van der Waals surface area contributed by atoms with Gasteiger partial charge in [-0.3, -0.25) is 0 Å². The molecule has 0 spiro atoms. The zero-order valence-electron chi connectivity index (χ0n) is 14.4. The van der Waals surface area contributed by atoms with E-state index in [9.17, 15) is 0 Å². The van der Waals surface area contributed by atoms with E-state index in [1.54, 1.807) is 0 Å². The largest absolute Gasteiger partial charge is 1.00 e. The Morgan fingerprint density at radius 3 is 2.20 bits per heavy atom. The molecule has 0 atom stereocenters. The van der Waals surface area contributed by atoms with Crippen molar-refractivity contribution >= 4 is 0 Å². The summed E-state index contributed by atoms with van der Waals surface area (Å²) in [6.45, 7) is 6.79. The second-order valence-corrected chi connectivity index (χ2v) is 5.50. The van der Waals surface area contributed by atoms with Gasteiger partial charge in [-0.2, -0.15) is 10.5 Å². The molecule has 0 unspecified atom stereocenters. The van der Waals surface area contributed by atoms with E-state index in [4.69, 9.17) is 15.3 Å². The van der Waals surface area contributed by atoms with Gasteiger partial charge < -0.3 is 22.0 Å². The zero-order valence-corrected chi connectivity index (χ0v) is 15.2. The molecule has 0 amide bonds. The number of nitriles is 2. The summed E-state index contributed by atoms with van der Waals surface area (Å²) < 4.78 is 7.80. The van der Waals surface area contributed by atoms with Gasteiger partial charge in [-0.25, -0.2) is 4.57 Å². The van der Waals surface area contributed by atoms with E-state index < -0.39 is 0 Å². The van der Waals surface area contributed by atoms with Crippen LogP contribution in [0.15, 0.2) is 65.3 Å². The van der Waals surface area contributed by atoms with Crippen molar-refractivity contribution < 1.29 is 21.7 Å². The van der Waals surface area contributed by atoms with Gasteiger partial charge in [0, 0.05) is 35.6 Å². The summed E-state index contributed by atoms with van der Waals surface area (Å²) in [6, 6.07) is 9.86. The lowest BCUT2D eigenvalue weighted by molar-refractivity contribution is -0.698. The van der Waals surface area contributed by atoms with Gasteiger partial charge >= 0.3 is 0 Å². The molecule has 1 aliphatic heterocycles. The van der Waals surface area contributed by atoms with Crippen LogP contribution in [-0.4, -0.2) is 24.7 Å². The van der Waals surface area contributed by atoms with Gasteiger partial charge in [-0.15, -0.1) is 0 Å². The number of aromatic nitrogens is 1. The molecule has 25 heavy (non-hydrogen) atoms. The highest BCUT2D eigenvalue weighted by atomic mass is 35.5. The molecule has 0 fully saturated rings. The molecule has 0 saturated heterocycles. The van der Waals surface area contributed by atoms with Crippen molar-refractivity contribution in [3.63, 3.8) is 0 Å². The molecule has 0 bridgehead atoms. The Hall–Kier alpha value is -2.60. The van der Waals surface area contributed by atoms with Crippen LogP contribution in [0.1, 0.15) is 13.8 Å². The predicted octanol–water partition coefficient (Wildman–Crippen LogP) is -0.538. The summed E-state index contributed by atoms with van der Waals surface area (Å²) >= 11 is 0. The number of hydrogen-bond acceptors (Lipinski definition) is 4. The lowest BCUT2D eigenvalue weighted by Crippen LogP contribution is -3.00. The average molecular weight is 357 g/mol. The first kappa shape index (κ1) is 20.4. The van der Waals surface area contributed by atoms with Gasteiger partial charge in [0.2, 0.25) is 0 Å². The van der Waals surface area contributed by atoms with E-state index in [1.807, 2.05) is 68.7 Å². The molecule has 0 aromatic carbocycles. The van der Waals surface area contributed by atoms with Crippen molar-refractivity contribution in [1.82, 2.24) is 4.90 Å². The number of nitrogens with zero attached hydrogens (tertiary/aromatic N) is 4. The molecule has 1 aromatic rings. The van der Waals surface area contributed by atoms with Crippen LogP contribution in [0.4, 0.5) is 0 Å². The summed E-state index contributed by atoms with van der Waals surface area (Å²) in [6.07, 6.45) is 7.77. The molecule has 0 N–H and O–H groups in total. The molecule has 1 aliphatic rings. The SMILES string of the molecule is CC1=CC(=C(C#N)C#N)C=C(C)N1CCOCC[n+]1ccccc1.[Cl-]. The van der Waals surface area contributed by atoms with Gasteiger partial charge in [-0.05, 0) is 26.0 Å². The van der Waals surface area contributed by atoms with Crippen LogP contribution in [0, 0.1) is 22.7 Å². The number of ether oxygens (including phenoxy) is 1. The van der Waals surface area contributed by atoms with Crippen molar-refractivity contribution in [2.45, 2.75) is 20.4 Å². The van der Waals surface area contributed by atoms with Crippen LogP contribution in [0.25, 0.3) is 0 Å². The lowest BCUT2D eigenvalue weighted by atomic mass is 10.0. The third kappa shape index (κ3) is 5.76. The number of hydrogen-bond donors (Lipinski definition) is 0. The Bertz CT molecular complexity index is 716. The third-order valence-corrected chi connectivity index (χ3v) is 3.82. The summed E-state index contributed by atoms with van der Waals surface area (Å²) in [5.74, 6) is 0. The van der Waals surface area contributed by atoms with Gasteiger partial charge in [0.15, 0.2) is 18.9 Å². The number of rotatable bonds is 6. The van der Waals surface area contributed by atoms with Crippen LogP contribution >= 0.6 is 0 Å². The highest BCUT2D eigenvalue weighted by Gasteiger charge is 2.15. The van der Waals surface area contributed by atoms with E-state index in [0.29, 0.717) is 18.8 Å². The summed E-state index contributed by atoms with van der Waals surface area (Å²) in [5, 5.41) is 18.0. The molecule has 0 aliphatic carbocycles. The van der Waals surface area contributed by atoms with Gasteiger partial charge in [-0.1, -0.05) is 6.07 Å².